The molecule has 1 aromatic heterocycles. The van der Waals surface area contributed by atoms with E-state index in [0.29, 0.717) is 5.75 Å². The highest BCUT2D eigenvalue weighted by Gasteiger charge is 2.25. The van der Waals surface area contributed by atoms with Crippen molar-refractivity contribution in [3.63, 3.8) is 0 Å². The third kappa shape index (κ3) is 5.84. The smallest absolute Gasteiger partial charge is 0.226 e. The summed E-state index contributed by atoms with van der Waals surface area (Å²) in [6.07, 6.45) is -1.83. The van der Waals surface area contributed by atoms with E-state index in [2.05, 4.69) is 9.97 Å². The predicted molar refractivity (Wildman–Crippen MR) is 53.9 cm³/mol. The van der Waals surface area contributed by atoms with Crippen molar-refractivity contribution in [3.8, 4) is 0 Å². The first-order chi connectivity index (χ1) is 6.97. The second-order valence-electron chi connectivity index (χ2n) is 2.78. The molecule has 1 rings (SSSR count). The molecule has 0 bridgehead atoms. The molecule has 2 nitrogen and oxygen atoms in total. The van der Waals surface area contributed by atoms with Crippen LogP contribution in [0, 0.1) is 0 Å². The van der Waals surface area contributed by atoms with Gasteiger partial charge < -0.3 is 0 Å². The van der Waals surface area contributed by atoms with Crippen LogP contribution in [0.1, 0.15) is 12.0 Å². The van der Waals surface area contributed by atoms with Gasteiger partial charge in [-0.25, -0.2) is 9.97 Å². The predicted octanol–water partition coefficient (Wildman–Crippen LogP) is 3.32. The number of rotatable bonds is 4. The monoisotopic (exact) mass is 256 g/mol. The van der Waals surface area contributed by atoms with E-state index in [9.17, 15) is 13.2 Å². The van der Waals surface area contributed by atoms with Gasteiger partial charge in [-0.05, 0) is 17.2 Å². The molecule has 0 saturated carbocycles. The van der Waals surface area contributed by atoms with Gasteiger partial charge in [0.25, 0.3) is 0 Å². The summed E-state index contributed by atoms with van der Waals surface area (Å²) in [6, 6.07) is 0. The van der Waals surface area contributed by atoms with Crippen LogP contribution in [-0.2, 0) is 5.75 Å². The van der Waals surface area contributed by atoms with E-state index in [1.807, 2.05) is 0 Å². The third-order valence-electron chi connectivity index (χ3n) is 1.47. The molecular formula is C8H8ClF3N2S. The lowest BCUT2D eigenvalue weighted by Gasteiger charge is -2.05. The highest BCUT2D eigenvalue weighted by atomic mass is 35.5. The molecule has 0 atom stereocenters. The Morgan fingerprint density at radius 1 is 1.27 bits per heavy atom. The van der Waals surface area contributed by atoms with Crippen molar-refractivity contribution in [2.75, 3.05) is 5.75 Å². The van der Waals surface area contributed by atoms with Crippen molar-refractivity contribution in [3.05, 3.63) is 23.2 Å². The zero-order valence-electron chi connectivity index (χ0n) is 7.59. The number of thioether (sulfide) groups is 1. The van der Waals surface area contributed by atoms with Crippen molar-refractivity contribution in [1.29, 1.82) is 0 Å². The fourth-order valence-corrected chi connectivity index (χ4v) is 1.79. The van der Waals surface area contributed by atoms with Crippen LogP contribution in [0.25, 0.3) is 0 Å². The van der Waals surface area contributed by atoms with Crippen LogP contribution in [0.3, 0.4) is 0 Å². The Morgan fingerprint density at radius 3 is 2.40 bits per heavy atom. The zero-order chi connectivity index (χ0) is 11.3. The van der Waals surface area contributed by atoms with Gasteiger partial charge in [-0.1, -0.05) is 0 Å². The Kier molecular flexibility index (Phi) is 4.66. The third-order valence-corrected chi connectivity index (χ3v) is 2.70. The molecule has 0 aliphatic heterocycles. The fraction of sp³-hybridized carbons (Fsp3) is 0.500. The van der Waals surface area contributed by atoms with Gasteiger partial charge in [0.1, 0.15) is 0 Å². The van der Waals surface area contributed by atoms with E-state index in [-0.39, 0.29) is 11.0 Å². The summed E-state index contributed by atoms with van der Waals surface area (Å²) < 4.78 is 35.3. The van der Waals surface area contributed by atoms with Crippen LogP contribution in [-0.4, -0.2) is 21.9 Å². The molecule has 7 heteroatoms. The minimum atomic E-state index is -4.08. The van der Waals surface area contributed by atoms with E-state index < -0.39 is 12.6 Å². The highest BCUT2D eigenvalue weighted by molar-refractivity contribution is 7.98. The van der Waals surface area contributed by atoms with Gasteiger partial charge in [0.15, 0.2) is 0 Å². The molecule has 15 heavy (non-hydrogen) atoms. The molecule has 0 unspecified atom stereocenters. The van der Waals surface area contributed by atoms with Crippen molar-refractivity contribution in [1.82, 2.24) is 9.97 Å². The molecule has 1 aromatic rings. The molecule has 0 fully saturated rings. The Morgan fingerprint density at radius 2 is 1.87 bits per heavy atom. The Bertz CT molecular complexity index is 302. The molecule has 0 N–H and O–H groups in total. The van der Waals surface area contributed by atoms with E-state index >= 15 is 0 Å². The second-order valence-corrected chi connectivity index (χ2v) is 4.22. The summed E-state index contributed by atoms with van der Waals surface area (Å²) in [5, 5.41) is 0.138. The number of nitrogens with zero attached hydrogens (tertiary/aromatic N) is 2. The molecule has 0 radical (unpaired) electrons. The Balaban J connectivity index is 2.23. The van der Waals surface area contributed by atoms with Gasteiger partial charge in [0, 0.05) is 23.9 Å². The molecule has 0 amide bonds. The number of aromatic nitrogens is 2. The summed E-state index contributed by atoms with van der Waals surface area (Å²) in [5.41, 5.74) is 0.770. The lowest BCUT2D eigenvalue weighted by atomic mass is 10.4. The zero-order valence-corrected chi connectivity index (χ0v) is 9.16. The van der Waals surface area contributed by atoms with E-state index in [1.54, 1.807) is 0 Å². The van der Waals surface area contributed by atoms with Crippen LogP contribution >= 0.6 is 23.4 Å². The number of alkyl halides is 3. The topological polar surface area (TPSA) is 25.8 Å². The summed E-state index contributed by atoms with van der Waals surface area (Å²) in [4.78, 5) is 7.45. The van der Waals surface area contributed by atoms with Crippen LogP contribution in [0.5, 0.6) is 0 Å². The average Bonchev–Trinajstić information content (AvgIpc) is 2.14. The summed E-state index contributed by atoms with van der Waals surface area (Å²) in [6.45, 7) is 0. The SMILES string of the molecule is FC(F)(F)CCSCc1cnc(Cl)nc1. The molecule has 84 valence electrons. The quantitative estimate of drug-likeness (QED) is 0.611. The molecular weight excluding hydrogens is 249 g/mol. The van der Waals surface area contributed by atoms with Crippen LogP contribution < -0.4 is 0 Å². The second kappa shape index (κ2) is 5.55. The first-order valence-electron chi connectivity index (χ1n) is 4.08. The first-order valence-corrected chi connectivity index (χ1v) is 5.61. The van der Waals surface area contributed by atoms with Crippen molar-refractivity contribution in [2.45, 2.75) is 18.3 Å². The maximum absolute atomic E-state index is 11.8. The van der Waals surface area contributed by atoms with Gasteiger partial charge in [-0.3, -0.25) is 0 Å². The van der Waals surface area contributed by atoms with Gasteiger partial charge in [0.05, 0.1) is 6.42 Å². The number of hydrogen-bond acceptors (Lipinski definition) is 3. The maximum Gasteiger partial charge on any atom is 0.389 e. The largest absolute Gasteiger partial charge is 0.389 e. The van der Waals surface area contributed by atoms with Crippen molar-refractivity contribution in [2.24, 2.45) is 0 Å². The maximum atomic E-state index is 11.8. The average molecular weight is 257 g/mol. The summed E-state index contributed by atoms with van der Waals surface area (Å²) in [7, 11) is 0. The summed E-state index contributed by atoms with van der Waals surface area (Å²) in [5.74, 6) is 0.513. The lowest BCUT2D eigenvalue weighted by molar-refractivity contribution is -0.129. The summed E-state index contributed by atoms with van der Waals surface area (Å²) >= 11 is 6.65. The van der Waals surface area contributed by atoms with Crippen molar-refractivity contribution >= 4 is 23.4 Å². The molecule has 0 saturated heterocycles. The minimum absolute atomic E-state index is 0.0477. The van der Waals surface area contributed by atoms with Gasteiger partial charge in [-0.15, -0.1) is 0 Å². The van der Waals surface area contributed by atoms with Crippen LogP contribution in [0.2, 0.25) is 5.28 Å². The Hall–Kier alpha value is -0.490. The van der Waals surface area contributed by atoms with Gasteiger partial charge in [-0.2, -0.15) is 24.9 Å². The van der Waals surface area contributed by atoms with Crippen LogP contribution in [0.15, 0.2) is 12.4 Å². The number of hydrogen-bond donors (Lipinski definition) is 0. The number of halogens is 4. The molecule has 0 aliphatic rings. The molecule has 0 aliphatic carbocycles. The standard InChI is InChI=1S/C8H8ClF3N2S/c9-7-13-3-6(4-14-7)5-15-2-1-8(10,11)12/h3-4H,1-2,5H2. The molecule has 0 spiro atoms. The molecule has 0 aromatic carbocycles. The van der Waals surface area contributed by atoms with Gasteiger partial charge >= 0.3 is 6.18 Å². The first kappa shape index (κ1) is 12.6. The Labute approximate surface area is 94.3 Å². The highest BCUT2D eigenvalue weighted by Crippen LogP contribution is 2.23. The lowest BCUT2D eigenvalue weighted by Crippen LogP contribution is -2.08. The molecule has 1 heterocycles. The van der Waals surface area contributed by atoms with Crippen LogP contribution in [0.4, 0.5) is 13.2 Å². The van der Waals surface area contributed by atoms with E-state index in [1.165, 1.54) is 24.2 Å². The van der Waals surface area contributed by atoms with Crippen molar-refractivity contribution < 1.29 is 13.2 Å². The van der Waals surface area contributed by atoms with Gasteiger partial charge in [0.2, 0.25) is 5.28 Å². The normalized spacial score (nSPS) is 11.7. The van der Waals surface area contributed by atoms with E-state index in [4.69, 9.17) is 11.6 Å². The van der Waals surface area contributed by atoms with E-state index in [0.717, 1.165) is 5.56 Å². The minimum Gasteiger partial charge on any atom is -0.226 e. The fourth-order valence-electron chi connectivity index (χ4n) is 0.791.